The Hall–Kier alpha value is -0.800. The maximum Gasteiger partial charge on any atom is 0.123 e. The Bertz CT molecular complexity index is 285. The van der Waals surface area contributed by atoms with Gasteiger partial charge in [0.1, 0.15) is 17.7 Å². The minimum atomic E-state index is -0.220. The van der Waals surface area contributed by atoms with Crippen LogP contribution in [0.2, 0.25) is 0 Å². The van der Waals surface area contributed by atoms with Crippen LogP contribution >= 0.6 is 0 Å². The van der Waals surface area contributed by atoms with Crippen molar-refractivity contribution < 1.29 is 21.5 Å². The van der Waals surface area contributed by atoms with Gasteiger partial charge >= 0.3 is 0 Å². The number of halogens is 2. The molecule has 4 heteroatoms. The first-order valence-corrected chi connectivity index (χ1v) is 4.97. The standard InChI is InChI=1S/C11H14FNO.ClH/c12-9-1-3-10(4-2-9)14-11-5-7-13-8-6-11;/h1-4,11,13H,5-8H2;1H/p-1. The van der Waals surface area contributed by atoms with Gasteiger partial charge in [0.2, 0.25) is 0 Å². The molecule has 1 saturated heterocycles. The number of hydrogen-bond donors (Lipinski definition) is 1. The van der Waals surface area contributed by atoms with Crippen molar-refractivity contribution in [2.45, 2.75) is 18.9 Å². The average molecular weight is 231 g/mol. The lowest BCUT2D eigenvalue weighted by Gasteiger charge is -2.23. The second kappa shape index (κ2) is 5.93. The van der Waals surface area contributed by atoms with Gasteiger partial charge < -0.3 is 22.5 Å². The molecule has 15 heavy (non-hydrogen) atoms. The summed E-state index contributed by atoms with van der Waals surface area (Å²) in [6.45, 7) is 2.01. The molecule has 0 saturated carbocycles. The third-order valence-corrected chi connectivity index (χ3v) is 2.40. The van der Waals surface area contributed by atoms with E-state index in [4.69, 9.17) is 4.74 Å². The van der Waals surface area contributed by atoms with Crippen LogP contribution in [0, 0.1) is 5.82 Å². The summed E-state index contributed by atoms with van der Waals surface area (Å²) in [6.07, 6.45) is 2.33. The highest BCUT2D eigenvalue weighted by atomic mass is 35.5. The first-order valence-electron chi connectivity index (χ1n) is 4.97. The second-order valence-corrected chi connectivity index (χ2v) is 3.52. The van der Waals surface area contributed by atoms with Gasteiger partial charge in [-0.2, -0.15) is 0 Å². The molecule has 84 valence electrons. The fourth-order valence-corrected chi connectivity index (χ4v) is 1.62. The molecule has 0 amide bonds. The molecule has 0 radical (unpaired) electrons. The monoisotopic (exact) mass is 230 g/mol. The van der Waals surface area contributed by atoms with E-state index >= 15 is 0 Å². The molecule has 1 aromatic rings. The Morgan fingerprint density at radius 3 is 2.33 bits per heavy atom. The van der Waals surface area contributed by atoms with E-state index in [0.717, 1.165) is 31.7 Å². The molecule has 0 atom stereocenters. The van der Waals surface area contributed by atoms with Crippen LogP contribution in [0.4, 0.5) is 4.39 Å². The summed E-state index contributed by atoms with van der Waals surface area (Å²) in [4.78, 5) is 0. The minimum absolute atomic E-state index is 0. The van der Waals surface area contributed by atoms with Gasteiger partial charge in [-0.3, -0.25) is 0 Å². The zero-order valence-corrected chi connectivity index (χ0v) is 9.14. The lowest BCUT2D eigenvalue weighted by atomic mass is 10.1. The Labute approximate surface area is 95.2 Å². The van der Waals surface area contributed by atoms with Crippen LogP contribution in [-0.4, -0.2) is 19.2 Å². The predicted octanol–water partition coefficient (Wildman–Crippen LogP) is -1.04. The Morgan fingerprint density at radius 2 is 1.73 bits per heavy atom. The van der Waals surface area contributed by atoms with Crippen molar-refractivity contribution in [3.63, 3.8) is 0 Å². The molecular weight excluding hydrogens is 217 g/mol. The molecule has 2 rings (SSSR count). The zero-order chi connectivity index (χ0) is 9.80. The first kappa shape index (κ1) is 12.3. The van der Waals surface area contributed by atoms with Gasteiger partial charge in [-0.25, -0.2) is 4.39 Å². The zero-order valence-electron chi connectivity index (χ0n) is 8.38. The Morgan fingerprint density at radius 1 is 1.13 bits per heavy atom. The van der Waals surface area contributed by atoms with E-state index in [-0.39, 0.29) is 24.3 Å². The van der Waals surface area contributed by atoms with Crippen LogP contribution in [0.1, 0.15) is 12.8 Å². The predicted molar refractivity (Wildman–Crippen MR) is 52.9 cm³/mol. The van der Waals surface area contributed by atoms with E-state index in [2.05, 4.69) is 5.32 Å². The van der Waals surface area contributed by atoms with Gasteiger partial charge in [-0.1, -0.05) is 0 Å². The molecule has 1 N–H and O–H groups in total. The highest BCUT2D eigenvalue weighted by molar-refractivity contribution is 5.22. The number of ether oxygens (including phenoxy) is 1. The highest BCUT2D eigenvalue weighted by Gasteiger charge is 2.13. The number of rotatable bonds is 2. The summed E-state index contributed by atoms with van der Waals surface area (Å²) in [7, 11) is 0. The molecule has 1 fully saturated rings. The van der Waals surface area contributed by atoms with Crippen molar-refractivity contribution in [2.75, 3.05) is 13.1 Å². The van der Waals surface area contributed by atoms with Crippen LogP contribution in [0.3, 0.4) is 0 Å². The molecular formula is C11H14ClFNO-. The summed E-state index contributed by atoms with van der Waals surface area (Å²) in [5, 5.41) is 3.27. The van der Waals surface area contributed by atoms with E-state index in [9.17, 15) is 4.39 Å². The van der Waals surface area contributed by atoms with Crippen LogP contribution in [0.25, 0.3) is 0 Å². The second-order valence-electron chi connectivity index (χ2n) is 3.52. The number of benzene rings is 1. The molecule has 2 nitrogen and oxygen atoms in total. The quantitative estimate of drug-likeness (QED) is 0.701. The third-order valence-electron chi connectivity index (χ3n) is 2.40. The Balaban J connectivity index is 0.00000112. The van der Waals surface area contributed by atoms with Crippen LogP contribution in [0.15, 0.2) is 24.3 Å². The normalized spacial score (nSPS) is 16.9. The molecule has 0 aromatic heterocycles. The van der Waals surface area contributed by atoms with E-state index in [1.807, 2.05) is 0 Å². The third kappa shape index (κ3) is 3.68. The summed E-state index contributed by atoms with van der Waals surface area (Å²) >= 11 is 0. The van der Waals surface area contributed by atoms with Crippen LogP contribution in [-0.2, 0) is 0 Å². The molecule has 0 spiro atoms. The fraction of sp³-hybridized carbons (Fsp3) is 0.455. The van der Waals surface area contributed by atoms with E-state index in [1.54, 1.807) is 12.1 Å². The smallest absolute Gasteiger partial charge is 0.123 e. The number of piperidine rings is 1. The lowest BCUT2D eigenvalue weighted by Crippen LogP contribution is -3.00. The summed E-state index contributed by atoms with van der Waals surface area (Å²) < 4.78 is 18.3. The Kier molecular flexibility index (Phi) is 4.85. The largest absolute Gasteiger partial charge is 1.00 e. The van der Waals surface area contributed by atoms with E-state index < -0.39 is 0 Å². The SMILES string of the molecule is Fc1ccc(OC2CCNCC2)cc1.[Cl-]. The minimum Gasteiger partial charge on any atom is -1.00 e. The molecule has 0 aliphatic carbocycles. The van der Waals surface area contributed by atoms with Gasteiger partial charge in [-0.15, -0.1) is 0 Å². The molecule has 0 unspecified atom stereocenters. The summed E-state index contributed by atoms with van der Waals surface area (Å²) in [6, 6.07) is 6.21. The fourth-order valence-electron chi connectivity index (χ4n) is 1.62. The van der Waals surface area contributed by atoms with Crippen molar-refractivity contribution >= 4 is 0 Å². The van der Waals surface area contributed by atoms with Crippen molar-refractivity contribution in [1.82, 2.24) is 5.32 Å². The van der Waals surface area contributed by atoms with Gasteiger partial charge in [0.25, 0.3) is 0 Å². The van der Waals surface area contributed by atoms with Gasteiger partial charge in [0.15, 0.2) is 0 Å². The summed E-state index contributed by atoms with van der Waals surface area (Å²) in [5.41, 5.74) is 0. The van der Waals surface area contributed by atoms with Crippen molar-refractivity contribution in [3.8, 4) is 5.75 Å². The number of nitrogens with one attached hydrogen (secondary N) is 1. The molecule has 1 heterocycles. The number of hydrogen-bond acceptors (Lipinski definition) is 2. The first-order chi connectivity index (χ1) is 6.84. The average Bonchev–Trinajstić information content (AvgIpc) is 2.23. The van der Waals surface area contributed by atoms with Crippen LogP contribution < -0.4 is 22.5 Å². The maximum absolute atomic E-state index is 12.6. The lowest BCUT2D eigenvalue weighted by molar-refractivity contribution is -0.00000473. The summed E-state index contributed by atoms with van der Waals surface area (Å²) in [5.74, 6) is 0.543. The van der Waals surface area contributed by atoms with Gasteiger partial charge in [0, 0.05) is 0 Å². The molecule has 1 aliphatic heterocycles. The van der Waals surface area contributed by atoms with Crippen LogP contribution in [0.5, 0.6) is 5.75 Å². The van der Waals surface area contributed by atoms with E-state index in [1.165, 1.54) is 12.1 Å². The topological polar surface area (TPSA) is 21.3 Å². The van der Waals surface area contributed by atoms with Crippen molar-refractivity contribution in [2.24, 2.45) is 0 Å². The maximum atomic E-state index is 12.6. The molecule has 0 bridgehead atoms. The molecule has 1 aromatic carbocycles. The highest BCUT2D eigenvalue weighted by Crippen LogP contribution is 2.16. The molecule has 1 aliphatic rings. The van der Waals surface area contributed by atoms with Gasteiger partial charge in [-0.05, 0) is 50.2 Å². The van der Waals surface area contributed by atoms with Gasteiger partial charge in [0.05, 0.1) is 0 Å². The van der Waals surface area contributed by atoms with Crippen molar-refractivity contribution in [3.05, 3.63) is 30.1 Å². The van der Waals surface area contributed by atoms with E-state index in [0.29, 0.717) is 0 Å². The van der Waals surface area contributed by atoms with Crippen molar-refractivity contribution in [1.29, 1.82) is 0 Å².